The lowest BCUT2D eigenvalue weighted by Crippen LogP contribution is -2.40. The lowest BCUT2D eigenvalue weighted by atomic mass is 9.63. The van der Waals surface area contributed by atoms with Gasteiger partial charge < -0.3 is 0 Å². The summed E-state index contributed by atoms with van der Waals surface area (Å²) >= 11 is 0. The zero-order valence-corrected chi connectivity index (χ0v) is 11.0. The van der Waals surface area contributed by atoms with Crippen molar-refractivity contribution in [3.8, 4) is 0 Å². The monoisotopic (exact) mass is 265 g/mol. The highest BCUT2D eigenvalue weighted by molar-refractivity contribution is 6.22. The second kappa shape index (κ2) is 3.40. The van der Waals surface area contributed by atoms with Crippen LogP contribution in [-0.2, 0) is 9.59 Å². The number of rotatable bonds is 1. The second-order valence-corrected chi connectivity index (χ2v) is 6.50. The van der Waals surface area contributed by atoms with E-state index >= 15 is 0 Å². The molecule has 1 heterocycles. The van der Waals surface area contributed by atoms with E-state index in [4.69, 9.17) is 0 Å². The van der Waals surface area contributed by atoms with Crippen LogP contribution in [0.15, 0.2) is 42.5 Å². The molecule has 1 aromatic rings. The number of amides is 2. The predicted molar refractivity (Wildman–Crippen MR) is 73.6 cm³/mol. The second-order valence-electron chi connectivity index (χ2n) is 6.50. The summed E-state index contributed by atoms with van der Waals surface area (Å²) in [5.41, 5.74) is 0.727. The normalized spacial score (nSPS) is 43.7. The van der Waals surface area contributed by atoms with Gasteiger partial charge in [0.1, 0.15) is 0 Å². The molecule has 0 unspecified atom stereocenters. The van der Waals surface area contributed by atoms with E-state index < -0.39 is 0 Å². The molecule has 0 spiro atoms. The Bertz CT molecular complexity index is 614. The molecule has 20 heavy (non-hydrogen) atoms. The van der Waals surface area contributed by atoms with Crippen molar-refractivity contribution in [3.05, 3.63) is 42.5 Å². The summed E-state index contributed by atoms with van der Waals surface area (Å²) in [7, 11) is 0. The first-order valence-electron chi connectivity index (χ1n) is 7.38. The number of carbonyl (C=O) groups is 2. The van der Waals surface area contributed by atoms with Gasteiger partial charge in [-0.25, -0.2) is 0 Å². The molecule has 1 saturated heterocycles. The molecule has 3 heteroatoms. The van der Waals surface area contributed by atoms with Crippen LogP contribution in [0.3, 0.4) is 0 Å². The molecule has 4 aliphatic carbocycles. The Hall–Kier alpha value is -1.90. The summed E-state index contributed by atoms with van der Waals surface area (Å²) in [6.45, 7) is 0. The standard InChI is InChI=1S/C17H15NO2/c19-16-14-10-6-7-11(13-8-12(10)13)15(14)17(20)18(16)9-4-2-1-3-5-9/h1-7,10-15H,8H2/t10-,11-,12-,13+,14+,15+/m0/s1. The maximum absolute atomic E-state index is 12.8. The van der Waals surface area contributed by atoms with Crippen molar-refractivity contribution >= 4 is 17.5 Å². The number of benzene rings is 1. The number of para-hydroxylation sites is 1. The zero-order valence-electron chi connectivity index (χ0n) is 11.0. The van der Waals surface area contributed by atoms with Crippen molar-refractivity contribution < 1.29 is 9.59 Å². The van der Waals surface area contributed by atoms with Crippen LogP contribution in [0.25, 0.3) is 0 Å². The third-order valence-electron chi connectivity index (χ3n) is 5.68. The number of allylic oxidation sites excluding steroid dienone is 2. The van der Waals surface area contributed by atoms with Crippen LogP contribution in [0.5, 0.6) is 0 Å². The molecule has 0 aromatic heterocycles. The quantitative estimate of drug-likeness (QED) is 0.577. The summed E-state index contributed by atoms with van der Waals surface area (Å²) in [5.74, 6) is 1.80. The fourth-order valence-corrected chi connectivity index (χ4v) is 4.79. The van der Waals surface area contributed by atoms with E-state index in [1.165, 1.54) is 11.3 Å². The molecular formula is C17H15NO2. The number of imide groups is 1. The number of hydrogen-bond acceptors (Lipinski definition) is 2. The van der Waals surface area contributed by atoms with E-state index in [1.54, 1.807) is 0 Å². The minimum Gasteiger partial charge on any atom is -0.274 e. The molecule has 5 aliphatic rings. The molecular weight excluding hydrogens is 250 g/mol. The van der Waals surface area contributed by atoms with Gasteiger partial charge in [-0.05, 0) is 42.2 Å². The first kappa shape index (κ1) is 10.8. The first-order valence-corrected chi connectivity index (χ1v) is 7.38. The number of anilines is 1. The lowest BCUT2D eigenvalue weighted by Gasteiger charge is -2.37. The Balaban J connectivity index is 1.61. The van der Waals surface area contributed by atoms with E-state index in [1.807, 2.05) is 30.3 Å². The van der Waals surface area contributed by atoms with Gasteiger partial charge in [0, 0.05) is 0 Å². The molecule has 6 atom stereocenters. The average molecular weight is 265 g/mol. The molecule has 1 aliphatic heterocycles. The van der Waals surface area contributed by atoms with Gasteiger partial charge in [-0.3, -0.25) is 14.5 Å². The van der Waals surface area contributed by atoms with E-state index in [0.29, 0.717) is 23.7 Å². The molecule has 2 amide bonds. The largest absolute Gasteiger partial charge is 0.274 e. The van der Waals surface area contributed by atoms with Crippen LogP contribution >= 0.6 is 0 Å². The van der Waals surface area contributed by atoms with Crippen LogP contribution in [0.2, 0.25) is 0 Å². The third kappa shape index (κ3) is 1.13. The van der Waals surface area contributed by atoms with Crippen molar-refractivity contribution in [2.45, 2.75) is 6.42 Å². The van der Waals surface area contributed by atoms with Crippen LogP contribution in [0.1, 0.15) is 6.42 Å². The zero-order chi connectivity index (χ0) is 13.4. The molecule has 1 aromatic carbocycles. The molecule has 6 rings (SSSR count). The van der Waals surface area contributed by atoms with Crippen LogP contribution < -0.4 is 4.90 Å². The highest BCUT2D eigenvalue weighted by Crippen LogP contribution is 2.65. The Morgan fingerprint density at radius 2 is 1.40 bits per heavy atom. The number of hydrogen-bond donors (Lipinski definition) is 0. The fraction of sp³-hybridized carbons (Fsp3) is 0.412. The summed E-state index contributed by atoms with van der Waals surface area (Å²) < 4.78 is 0. The minimum atomic E-state index is -0.0959. The average Bonchev–Trinajstić information content (AvgIpc) is 3.25. The molecule has 3 fully saturated rings. The smallest absolute Gasteiger partial charge is 0.238 e. The van der Waals surface area contributed by atoms with Gasteiger partial charge in [0.25, 0.3) is 0 Å². The third-order valence-corrected chi connectivity index (χ3v) is 5.68. The van der Waals surface area contributed by atoms with Gasteiger partial charge in [0.2, 0.25) is 11.8 Å². The molecule has 0 N–H and O–H groups in total. The Morgan fingerprint density at radius 3 is 1.95 bits per heavy atom. The summed E-state index contributed by atoms with van der Waals surface area (Å²) in [6, 6.07) is 9.36. The van der Waals surface area contributed by atoms with E-state index in [0.717, 1.165) is 5.69 Å². The topological polar surface area (TPSA) is 37.4 Å². The van der Waals surface area contributed by atoms with Crippen molar-refractivity contribution in [1.29, 1.82) is 0 Å². The minimum absolute atomic E-state index is 0.0240. The van der Waals surface area contributed by atoms with Crippen molar-refractivity contribution in [1.82, 2.24) is 0 Å². The maximum atomic E-state index is 12.8. The summed E-state index contributed by atoms with van der Waals surface area (Å²) in [5, 5.41) is 0. The summed E-state index contributed by atoms with van der Waals surface area (Å²) in [4.78, 5) is 27.0. The molecule has 2 bridgehead atoms. The molecule has 0 radical (unpaired) electrons. The van der Waals surface area contributed by atoms with Crippen LogP contribution in [0.4, 0.5) is 5.69 Å². The maximum Gasteiger partial charge on any atom is 0.238 e. The fourth-order valence-electron chi connectivity index (χ4n) is 4.79. The Labute approximate surface area is 117 Å². The van der Waals surface area contributed by atoms with Crippen LogP contribution in [-0.4, -0.2) is 11.8 Å². The van der Waals surface area contributed by atoms with Gasteiger partial charge in [0.05, 0.1) is 17.5 Å². The van der Waals surface area contributed by atoms with Gasteiger partial charge in [0.15, 0.2) is 0 Å². The SMILES string of the molecule is O=C1[C@@H]2[C@H]3C=C[C@@H]([C@@H]4C[C@H]34)[C@H]2C(=O)N1c1ccccc1. The first-order chi connectivity index (χ1) is 9.77. The van der Waals surface area contributed by atoms with E-state index in [2.05, 4.69) is 12.2 Å². The Kier molecular flexibility index (Phi) is 1.84. The Morgan fingerprint density at radius 1 is 0.850 bits per heavy atom. The lowest BCUT2D eigenvalue weighted by molar-refractivity contribution is -0.124. The number of nitrogens with zero attached hydrogens (tertiary/aromatic N) is 1. The highest BCUT2D eigenvalue weighted by Gasteiger charge is 2.67. The predicted octanol–water partition coefficient (Wildman–Crippen LogP) is 2.24. The van der Waals surface area contributed by atoms with Gasteiger partial charge in [-0.1, -0.05) is 30.4 Å². The van der Waals surface area contributed by atoms with Gasteiger partial charge >= 0.3 is 0 Å². The molecule has 3 nitrogen and oxygen atoms in total. The van der Waals surface area contributed by atoms with Crippen molar-refractivity contribution in [2.75, 3.05) is 4.90 Å². The summed E-state index contributed by atoms with van der Waals surface area (Å²) in [6.07, 6.45) is 5.63. The highest BCUT2D eigenvalue weighted by atomic mass is 16.2. The molecule has 100 valence electrons. The van der Waals surface area contributed by atoms with E-state index in [-0.39, 0.29) is 23.7 Å². The van der Waals surface area contributed by atoms with Gasteiger partial charge in [-0.2, -0.15) is 0 Å². The van der Waals surface area contributed by atoms with Gasteiger partial charge in [-0.15, -0.1) is 0 Å². The van der Waals surface area contributed by atoms with E-state index in [9.17, 15) is 9.59 Å². The number of carbonyl (C=O) groups excluding carboxylic acids is 2. The van der Waals surface area contributed by atoms with Crippen molar-refractivity contribution in [3.63, 3.8) is 0 Å². The molecule has 2 saturated carbocycles. The van der Waals surface area contributed by atoms with Crippen molar-refractivity contribution in [2.24, 2.45) is 35.5 Å². The van der Waals surface area contributed by atoms with Crippen LogP contribution in [0, 0.1) is 35.5 Å².